The van der Waals surface area contributed by atoms with E-state index in [4.69, 9.17) is 4.74 Å². The van der Waals surface area contributed by atoms with Gasteiger partial charge in [-0.25, -0.2) is 0 Å². The fourth-order valence-electron chi connectivity index (χ4n) is 3.05. The van der Waals surface area contributed by atoms with Gasteiger partial charge in [-0.1, -0.05) is 0 Å². The van der Waals surface area contributed by atoms with E-state index < -0.39 is 0 Å². The number of ether oxygens (including phenoxy) is 1. The predicted octanol–water partition coefficient (Wildman–Crippen LogP) is 0.167. The van der Waals surface area contributed by atoms with Crippen molar-refractivity contribution in [3.8, 4) is 0 Å². The lowest BCUT2D eigenvalue weighted by Gasteiger charge is -2.33. The maximum atomic E-state index is 12.3. The van der Waals surface area contributed by atoms with Crippen molar-refractivity contribution < 1.29 is 9.53 Å². The molecule has 110 valence electrons. The van der Waals surface area contributed by atoms with Gasteiger partial charge in [0.15, 0.2) is 0 Å². The highest BCUT2D eigenvalue weighted by Gasteiger charge is 2.23. The second-order valence-corrected chi connectivity index (χ2v) is 5.68. The van der Waals surface area contributed by atoms with Crippen LogP contribution in [0.25, 0.3) is 0 Å². The zero-order valence-electron chi connectivity index (χ0n) is 12.1. The Morgan fingerprint density at radius 2 is 2.16 bits per heavy atom. The number of hydrogen-bond donors (Lipinski definition) is 1. The highest BCUT2D eigenvalue weighted by atomic mass is 16.5. The number of methoxy groups -OCH3 is 1. The van der Waals surface area contributed by atoms with Crippen LogP contribution in [0.5, 0.6) is 0 Å². The highest BCUT2D eigenvalue weighted by molar-refractivity contribution is 5.78. The molecule has 1 amide bonds. The second-order valence-electron chi connectivity index (χ2n) is 5.68. The molecule has 5 heteroatoms. The zero-order chi connectivity index (χ0) is 13.5. The minimum absolute atomic E-state index is 0.293. The molecule has 0 aromatic heterocycles. The van der Waals surface area contributed by atoms with Gasteiger partial charge < -0.3 is 15.0 Å². The van der Waals surface area contributed by atoms with Crippen molar-refractivity contribution in [3.63, 3.8) is 0 Å². The van der Waals surface area contributed by atoms with Crippen molar-refractivity contribution in [2.45, 2.75) is 19.3 Å². The van der Waals surface area contributed by atoms with Crippen molar-refractivity contribution in [2.75, 3.05) is 59.5 Å². The number of nitrogens with one attached hydrogen (secondary N) is 1. The van der Waals surface area contributed by atoms with Gasteiger partial charge in [-0.2, -0.15) is 0 Å². The summed E-state index contributed by atoms with van der Waals surface area (Å²) in [6.45, 7) is 7.18. The lowest BCUT2D eigenvalue weighted by atomic mass is 9.99. The second kappa shape index (κ2) is 7.82. The van der Waals surface area contributed by atoms with Crippen molar-refractivity contribution in [2.24, 2.45) is 5.92 Å². The summed E-state index contributed by atoms with van der Waals surface area (Å²) in [5.41, 5.74) is 0. The molecule has 0 aromatic rings. The topological polar surface area (TPSA) is 44.8 Å². The largest absolute Gasteiger partial charge is 0.384 e. The van der Waals surface area contributed by atoms with E-state index in [1.54, 1.807) is 7.11 Å². The lowest BCUT2D eigenvalue weighted by molar-refractivity contribution is -0.132. The Labute approximate surface area is 116 Å². The Hall–Kier alpha value is -0.650. The molecule has 2 aliphatic heterocycles. The van der Waals surface area contributed by atoms with Crippen molar-refractivity contribution >= 4 is 5.91 Å². The number of rotatable bonds is 4. The van der Waals surface area contributed by atoms with Crippen LogP contribution in [0.3, 0.4) is 0 Å². The third kappa shape index (κ3) is 4.75. The van der Waals surface area contributed by atoms with Crippen LogP contribution in [0.15, 0.2) is 0 Å². The molecule has 0 saturated carbocycles. The van der Waals surface area contributed by atoms with E-state index in [-0.39, 0.29) is 0 Å². The third-order valence-electron chi connectivity index (χ3n) is 4.06. The summed E-state index contributed by atoms with van der Waals surface area (Å²) in [6.07, 6.45) is 3.48. The minimum Gasteiger partial charge on any atom is -0.384 e. The summed E-state index contributed by atoms with van der Waals surface area (Å²) in [5, 5.41) is 3.34. The van der Waals surface area contributed by atoms with E-state index in [1.807, 2.05) is 4.90 Å². The van der Waals surface area contributed by atoms with Crippen LogP contribution in [0.2, 0.25) is 0 Å². The van der Waals surface area contributed by atoms with Crippen molar-refractivity contribution in [1.29, 1.82) is 0 Å². The van der Waals surface area contributed by atoms with Gasteiger partial charge in [0.2, 0.25) is 5.91 Å². The molecular formula is C14H27N3O2. The van der Waals surface area contributed by atoms with Crippen LogP contribution in [0.1, 0.15) is 19.3 Å². The molecule has 2 saturated heterocycles. The number of nitrogens with zero attached hydrogens (tertiary/aromatic N) is 2. The van der Waals surface area contributed by atoms with Gasteiger partial charge in [-0.3, -0.25) is 9.69 Å². The number of piperidine rings is 1. The van der Waals surface area contributed by atoms with Gasteiger partial charge in [0.1, 0.15) is 0 Å². The van der Waals surface area contributed by atoms with E-state index in [0.29, 0.717) is 18.4 Å². The van der Waals surface area contributed by atoms with Crippen molar-refractivity contribution in [1.82, 2.24) is 15.1 Å². The van der Waals surface area contributed by atoms with Crippen LogP contribution in [-0.2, 0) is 9.53 Å². The summed E-state index contributed by atoms with van der Waals surface area (Å²) in [4.78, 5) is 16.6. The first-order valence-corrected chi connectivity index (χ1v) is 7.49. The molecule has 2 rings (SSSR count). The highest BCUT2D eigenvalue weighted by Crippen LogP contribution is 2.16. The molecule has 1 unspecified atom stereocenters. The monoisotopic (exact) mass is 269 g/mol. The maximum Gasteiger partial charge on any atom is 0.236 e. The Balaban J connectivity index is 1.77. The smallest absolute Gasteiger partial charge is 0.236 e. The number of hydrogen-bond acceptors (Lipinski definition) is 4. The number of amides is 1. The summed E-state index contributed by atoms with van der Waals surface area (Å²) in [7, 11) is 1.76. The zero-order valence-corrected chi connectivity index (χ0v) is 12.1. The predicted molar refractivity (Wildman–Crippen MR) is 75.1 cm³/mol. The van der Waals surface area contributed by atoms with Gasteiger partial charge in [0.25, 0.3) is 0 Å². The summed E-state index contributed by atoms with van der Waals surface area (Å²) < 4.78 is 5.24. The fraction of sp³-hybridized carbons (Fsp3) is 0.929. The molecule has 0 radical (unpaired) electrons. The molecule has 2 fully saturated rings. The Morgan fingerprint density at radius 1 is 1.26 bits per heavy atom. The third-order valence-corrected chi connectivity index (χ3v) is 4.06. The first kappa shape index (κ1) is 14.8. The summed E-state index contributed by atoms with van der Waals surface area (Å²) >= 11 is 0. The molecule has 5 nitrogen and oxygen atoms in total. The van der Waals surface area contributed by atoms with E-state index in [0.717, 1.165) is 52.3 Å². The molecule has 19 heavy (non-hydrogen) atoms. The van der Waals surface area contributed by atoms with Crippen LogP contribution in [0.4, 0.5) is 0 Å². The number of carbonyl (C=O) groups excluding carboxylic acids is 1. The molecule has 0 aromatic carbocycles. The number of likely N-dealkylation sites (tertiary alicyclic amines) is 1. The molecule has 0 spiro atoms. The average Bonchev–Trinajstić information content (AvgIpc) is 2.68. The first-order chi connectivity index (χ1) is 9.29. The van der Waals surface area contributed by atoms with E-state index in [9.17, 15) is 4.79 Å². The van der Waals surface area contributed by atoms with Gasteiger partial charge in [0, 0.05) is 33.3 Å². The lowest BCUT2D eigenvalue weighted by Crippen LogP contribution is -2.45. The van der Waals surface area contributed by atoms with E-state index in [2.05, 4.69) is 10.2 Å². The number of carbonyl (C=O) groups is 1. The summed E-state index contributed by atoms with van der Waals surface area (Å²) in [5.74, 6) is 0.888. The van der Waals surface area contributed by atoms with Gasteiger partial charge in [0.05, 0.1) is 13.2 Å². The van der Waals surface area contributed by atoms with E-state index >= 15 is 0 Å². The van der Waals surface area contributed by atoms with Crippen LogP contribution in [-0.4, -0.2) is 75.2 Å². The van der Waals surface area contributed by atoms with Crippen LogP contribution < -0.4 is 5.32 Å². The maximum absolute atomic E-state index is 12.3. The molecule has 1 N–H and O–H groups in total. The van der Waals surface area contributed by atoms with Crippen molar-refractivity contribution in [3.05, 3.63) is 0 Å². The average molecular weight is 269 g/mol. The van der Waals surface area contributed by atoms with Gasteiger partial charge in [-0.15, -0.1) is 0 Å². The molecule has 1 atom stereocenters. The Morgan fingerprint density at radius 3 is 3.00 bits per heavy atom. The quantitative estimate of drug-likeness (QED) is 0.790. The normalized spacial score (nSPS) is 26.2. The van der Waals surface area contributed by atoms with Crippen LogP contribution in [0, 0.1) is 5.92 Å². The van der Waals surface area contributed by atoms with Crippen LogP contribution >= 0.6 is 0 Å². The SMILES string of the molecule is COCC1CCCN(CC(=O)N2CCCNCC2)C1. The standard InChI is InChI=1S/C14H27N3O2/c1-19-12-13-4-2-7-16(10-13)11-14(18)17-8-3-5-15-6-9-17/h13,15H,2-12H2,1H3. The van der Waals surface area contributed by atoms with E-state index in [1.165, 1.54) is 12.8 Å². The van der Waals surface area contributed by atoms with Gasteiger partial charge >= 0.3 is 0 Å². The Bertz CT molecular complexity index is 276. The molecule has 0 bridgehead atoms. The molecule has 2 heterocycles. The van der Waals surface area contributed by atoms with Gasteiger partial charge in [-0.05, 0) is 38.3 Å². The first-order valence-electron chi connectivity index (χ1n) is 7.49. The summed E-state index contributed by atoms with van der Waals surface area (Å²) in [6, 6.07) is 0. The molecule has 2 aliphatic rings. The Kier molecular flexibility index (Phi) is 6.07. The minimum atomic E-state index is 0.293. The molecular weight excluding hydrogens is 242 g/mol. The fourth-order valence-corrected chi connectivity index (χ4v) is 3.05. The molecule has 0 aliphatic carbocycles.